The van der Waals surface area contributed by atoms with Crippen molar-refractivity contribution >= 4 is 11.6 Å². The summed E-state index contributed by atoms with van der Waals surface area (Å²) < 4.78 is 1.67. The molecule has 1 unspecified atom stereocenters. The van der Waals surface area contributed by atoms with Gasteiger partial charge in [0.25, 0.3) is 5.91 Å². The zero-order valence-electron chi connectivity index (χ0n) is 11.6. The third-order valence-electron chi connectivity index (χ3n) is 3.32. The number of hydrogen-bond acceptors (Lipinski definition) is 4. The van der Waals surface area contributed by atoms with E-state index in [1.807, 2.05) is 19.9 Å². The Morgan fingerprint density at radius 3 is 2.84 bits per heavy atom. The van der Waals surface area contributed by atoms with Gasteiger partial charge < -0.3 is 10.0 Å². The maximum atomic E-state index is 12.4. The van der Waals surface area contributed by atoms with Crippen LogP contribution >= 0.6 is 0 Å². The molecule has 1 N–H and O–H groups in total. The van der Waals surface area contributed by atoms with Gasteiger partial charge in [0.15, 0.2) is 5.65 Å². The van der Waals surface area contributed by atoms with E-state index in [-0.39, 0.29) is 18.6 Å². The fourth-order valence-corrected chi connectivity index (χ4v) is 1.89. The van der Waals surface area contributed by atoms with E-state index < -0.39 is 0 Å². The number of nitrogens with zero attached hydrogens (tertiary/aromatic N) is 4. The van der Waals surface area contributed by atoms with E-state index in [0.29, 0.717) is 5.56 Å². The number of aliphatic hydroxyl groups excluding tert-OH is 1. The summed E-state index contributed by atoms with van der Waals surface area (Å²) in [6, 6.07) is 1.63. The molecule has 0 bridgehead atoms. The monoisotopic (exact) mass is 262 g/mol. The predicted octanol–water partition coefficient (Wildman–Crippen LogP) is 0.799. The third-order valence-corrected chi connectivity index (χ3v) is 3.32. The van der Waals surface area contributed by atoms with Crippen LogP contribution < -0.4 is 0 Å². The molecule has 102 valence electrons. The fourth-order valence-electron chi connectivity index (χ4n) is 1.89. The predicted molar refractivity (Wildman–Crippen MR) is 71.1 cm³/mol. The lowest BCUT2D eigenvalue weighted by Crippen LogP contribution is -2.37. The first kappa shape index (κ1) is 13.5. The highest BCUT2D eigenvalue weighted by molar-refractivity contribution is 5.95. The molecular formula is C13H18N4O2. The van der Waals surface area contributed by atoms with E-state index in [2.05, 4.69) is 10.1 Å². The van der Waals surface area contributed by atoms with Crippen LogP contribution in [0.2, 0.25) is 0 Å². The lowest BCUT2D eigenvalue weighted by atomic mass is 10.2. The number of fused-ring (bicyclic) bond motifs is 1. The molecule has 2 aromatic heterocycles. The molecule has 0 saturated heterocycles. The van der Waals surface area contributed by atoms with Gasteiger partial charge in [-0.2, -0.15) is 5.10 Å². The van der Waals surface area contributed by atoms with Crippen LogP contribution in [-0.4, -0.2) is 50.2 Å². The molecule has 6 heteroatoms. The molecule has 0 radical (unpaired) electrons. The van der Waals surface area contributed by atoms with Crippen molar-refractivity contribution in [1.29, 1.82) is 0 Å². The fraction of sp³-hybridized carbons (Fsp3) is 0.462. The number of carbonyl (C=O) groups excluding carboxylic acids is 1. The van der Waals surface area contributed by atoms with Gasteiger partial charge in [0.1, 0.15) is 0 Å². The molecule has 2 aromatic rings. The van der Waals surface area contributed by atoms with Crippen molar-refractivity contribution in [2.45, 2.75) is 26.8 Å². The topological polar surface area (TPSA) is 70.7 Å². The normalized spacial score (nSPS) is 12.7. The summed E-state index contributed by atoms with van der Waals surface area (Å²) >= 11 is 0. The summed E-state index contributed by atoms with van der Waals surface area (Å²) in [5.41, 5.74) is 2.83. The van der Waals surface area contributed by atoms with Crippen LogP contribution in [0.5, 0.6) is 0 Å². The van der Waals surface area contributed by atoms with E-state index in [4.69, 9.17) is 5.11 Å². The van der Waals surface area contributed by atoms with Crippen LogP contribution in [0.1, 0.15) is 28.7 Å². The molecule has 0 aliphatic carbocycles. The Morgan fingerprint density at radius 2 is 2.21 bits per heavy atom. The second kappa shape index (κ2) is 4.97. The minimum absolute atomic E-state index is 0.0716. The number of aliphatic hydroxyl groups is 1. The number of amides is 1. The number of carbonyl (C=O) groups is 1. The van der Waals surface area contributed by atoms with E-state index >= 15 is 0 Å². The summed E-state index contributed by atoms with van der Waals surface area (Å²) in [4.78, 5) is 18.1. The summed E-state index contributed by atoms with van der Waals surface area (Å²) in [6.07, 6.45) is 1.56. The van der Waals surface area contributed by atoms with Crippen molar-refractivity contribution in [2.24, 2.45) is 0 Å². The third kappa shape index (κ3) is 2.31. The average molecular weight is 262 g/mol. The van der Waals surface area contributed by atoms with Crippen molar-refractivity contribution < 1.29 is 9.90 Å². The molecular weight excluding hydrogens is 244 g/mol. The van der Waals surface area contributed by atoms with Gasteiger partial charge in [0.2, 0.25) is 0 Å². The first-order valence-corrected chi connectivity index (χ1v) is 6.15. The van der Waals surface area contributed by atoms with Crippen molar-refractivity contribution in [2.75, 3.05) is 13.7 Å². The molecule has 0 aliphatic rings. The van der Waals surface area contributed by atoms with Crippen molar-refractivity contribution in [3.05, 3.63) is 29.2 Å². The first-order chi connectivity index (χ1) is 8.95. The molecule has 0 aliphatic heterocycles. The maximum absolute atomic E-state index is 12.4. The average Bonchev–Trinajstić information content (AvgIpc) is 2.78. The molecule has 0 spiro atoms. The Balaban J connectivity index is 2.45. The maximum Gasteiger partial charge on any atom is 0.257 e. The van der Waals surface area contributed by atoms with Gasteiger partial charge in [0.05, 0.1) is 29.6 Å². The van der Waals surface area contributed by atoms with Crippen LogP contribution in [-0.2, 0) is 0 Å². The minimum Gasteiger partial charge on any atom is -0.394 e. The summed E-state index contributed by atoms with van der Waals surface area (Å²) in [6.45, 7) is 5.44. The molecule has 2 heterocycles. The lowest BCUT2D eigenvalue weighted by Gasteiger charge is -2.23. The number of hydrogen-bond donors (Lipinski definition) is 1. The second-order valence-electron chi connectivity index (χ2n) is 4.76. The molecule has 1 atom stereocenters. The van der Waals surface area contributed by atoms with Crippen LogP contribution in [0.4, 0.5) is 0 Å². The Morgan fingerprint density at radius 1 is 1.53 bits per heavy atom. The summed E-state index contributed by atoms with van der Waals surface area (Å²) in [5, 5.41) is 13.4. The molecule has 19 heavy (non-hydrogen) atoms. The highest BCUT2D eigenvalue weighted by Gasteiger charge is 2.20. The molecule has 1 amide bonds. The number of likely N-dealkylation sites (N-methyl/N-ethyl adjacent to an activating group) is 1. The van der Waals surface area contributed by atoms with Gasteiger partial charge in [-0.1, -0.05) is 0 Å². The zero-order valence-corrected chi connectivity index (χ0v) is 11.6. The first-order valence-electron chi connectivity index (χ1n) is 6.15. The smallest absolute Gasteiger partial charge is 0.257 e. The van der Waals surface area contributed by atoms with Gasteiger partial charge >= 0.3 is 0 Å². The van der Waals surface area contributed by atoms with E-state index in [0.717, 1.165) is 17.0 Å². The van der Waals surface area contributed by atoms with Gasteiger partial charge in [0, 0.05) is 19.3 Å². The van der Waals surface area contributed by atoms with E-state index in [9.17, 15) is 4.79 Å². The van der Waals surface area contributed by atoms with E-state index in [1.54, 1.807) is 24.7 Å². The number of aryl methyl sites for hydroxylation is 2. The minimum atomic E-state index is -0.234. The highest BCUT2D eigenvalue weighted by Crippen LogP contribution is 2.13. The lowest BCUT2D eigenvalue weighted by molar-refractivity contribution is 0.0680. The van der Waals surface area contributed by atoms with Crippen LogP contribution in [0.15, 0.2) is 12.3 Å². The van der Waals surface area contributed by atoms with E-state index in [1.165, 1.54) is 4.90 Å². The Labute approximate surface area is 111 Å². The Kier molecular flexibility index (Phi) is 3.53. The summed E-state index contributed by atoms with van der Waals surface area (Å²) in [5.74, 6) is -0.165. The Bertz CT molecular complexity index is 620. The highest BCUT2D eigenvalue weighted by atomic mass is 16.3. The van der Waals surface area contributed by atoms with Crippen molar-refractivity contribution in [1.82, 2.24) is 19.5 Å². The molecule has 2 rings (SSSR count). The quantitative estimate of drug-likeness (QED) is 0.888. The molecule has 6 nitrogen and oxygen atoms in total. The van der Waals surface area contributed by atoms with Gasteiger partial charge in [-0.15, -0.1) is 0 Å². The molecule has 0 aromatic carbocycles. The SMILES string of the molecule is Cc1cc2ncc(C(=O)N(C)C(C)CO)c(C)n2n1. The van der Waals surface area contributed by atoms with Gasteiger partial charge in [-0.3, -0.25) is 4.79 Å². The molecule has 0 fully saturated rings. The second-order valence-corrected chi connectivity index (χ2v) is 4.76. The van der Waals surface area contributed by atoms with Gasteiger partial charge in [-0.25, -0.2) is 9.50 Å². The van der Waals surface area contributed by atoms with Crippen molar-refractivity contribution in [3.63, 3.8) is 0 Å². The number of rotatable bonds is 3. The van der Waals surface area contributed by atoms with Crippen molar-refractivity contribution in [3.8, 4) is 0 Å². The zero-order chi connectivity index (χ0) is 14.2. The Hall–Kier alpha value is -1.95. The van der Waals surface area contributed by atoms with Crippen LogP contribution in [0.25, 0.3) is 5.65 Å². The van der Waals surface area contributed by atoms with Gasteiger partial charge in [-0.05, 0) is 20.8 Å². The largest absolute Gasteiger partial charge is 0.394 e. The summed E-state index contributed by atoms with van der Waals surface area (Å²) in [7, 11) is 1.67. The van der Waals surface area contributed by atoms with Crippen LogP contribution in [0.3, 0.4) is 0 Å². The standard InChI is InChI=1S/C13H18N4O2/c1-8-5-12-14-6-11(10(3)17(12)15-8)13(19)16(4)9(2)7-18/h5-6,9,18H,7H2,1-4H3. The molecule has 0 saturated carbocycles. The number of aromatic nitrogens is 3. The van der Waals surface area contributed by atoms with Crippen LogP contribution in [0, 0.1) is 13.8 Å².